The van der Waals surface area contributed by atoms with Crippen LogP contribution in [0.5, 0.6) is 0 Å². The summed E-state index contributed by atoms with van der Waals surface area (Å²) in [4.78, 5) is 12.8. The maximum atomic E-state index is 11.0. The van der Waals surface area contributed by atoms with Gasteiger partial charge in [0, 0.05) is 26.6 Å². The maximum Gasteiger partial charge on any atom is 0.222 e. The normalized spacial score (nSPS) is 18.5. The second-order valence-electron chi connectivity index (χ2n) is 2.48. The quantitative estimate of drug-likeness (QED) is 0.567. The van der Waals surface area contributed by atoms with Crippen LogP contribution in [-0.2, 0) is 9.53 Å². The average molecular weight is 143 g/mol. The molecule has 0 aliphatic carbocycles. The third kappa shape index (κ3) is 1.70. The van der Waals surface area contributed by atoms with Gasteiger partial charge in [0.1, 0.15) is 0 Å². The Morgan fingerprint density at radius 1 is 1.70 bits per heavy atom. The summed E-state index contributed by atoms with van der Waals surface area (Å²) in [5, 5.41) is 0. The first-order chi connectivity index (χ1) is 4.84. The van der Waals surface area contributed by atoms with Crippen LogP contribution < -0.4 is 0 Å². The van der Waals surface area contributed by atoms with E-state index in [1.54, 1.807) is 7.11 Å². The Bertz CT molecular complexity index is 125. The number of carbonyl (C=O) groups excluding carboxylic acids is 1. The van der Waals surface area contributed by atoms with Crippen LogP contribution in [0.25, 0.3) is 0 Å². The number of methoxy groups -OCH3 is 1. The zero-order chi connectivity index (χ0) is 7.40. The van der Waals surface area contributed by atoms with Crippen molar-refractivity contribution in [1.82, 2.24) is 4.90 Å². The maximum absolute atomic E-state index is 11.0. The Kier molecular flexibility index (Phi) is 2.68. The first-order valence-electron chi connectivity index (χ1n) is 3.61. The minimum absolute atomic E-state index is 0.275. The molecule has 0 bridgehead atoms. The third-order valence-electron chi connectivity index (χ3n) is 1.74. The summed E-state index contributed by atoms with van der Waals surface area (Å²) >= 11 is 0. The van der Waals surface area contributed by atoms with Crippen LogP contribution >= 0.6 is 0 Å². The number of nitrogens with zero attached hydrogens (tertiary/aromatic N) is 1. The van der Waals surface area contributed by atoms with Gasteiger partial charge in [-0.2, -0.15) is 0 Å². The largest absolute Gasteiger partial charge is 0.383 e. The van der Waals surface area contributed by atoms with Crippen molar-refractivity contribution in [3.05, 3.63) is 0 Å². The van der Waals surface area contributed by atoms with Gasteiger partial charge in [0.15, 0.2) is 0 Å². The molecule has 1 heterocycles. The molecule has 3 nitrogen and oxygen atoms in total. The minimum Gasteiger partial charge on any atom is -0.383 e. The number of hydrogen-bond donors (Lipinski definition) is 0. The van der Waals surface area contributed by atoms with E-state index in [1.165, 1.54) is 0 Å². The Morgan fingerprint density at radius 3 is 3.00 bits per heavy atom. The van der Waals surface area contributed by atoms with Crippen LogP contribution in [0.15, 0.2) is 0 Å². The molecule has 0 spiro atoms. The molecule has 0 unspecified atom stereocenters. The number of carbonyl (C=O) groups is 1. The van der Waals surface area contributed by atoms with E-state index >= 15 is 0 Å². The number of amides is 1. The highest BCUT2D eigenvalue weighted by molar-refractivity contribution is 5.77. The first kappa shape index (κ1) is 7.54. The van der Waals surface area contributed by atoms with Crippen molar-refractivity contribution in [3.8, 4) is 0 Å². The Balaban J connectivity index is 2.20. The number of likely N-dealkylation sites (tertiary alicyclic amines) is 1. The van der Waals surface area contributed by atoms with Gasteiger partial charge in [-0.1, -0.05) is 0 Å². The van der Waals surface area contributed by atoms with Crippen molar-refractivity contribution in [3.63, 3.8) is 0 Å². The molecular weight excluding hydrogens is 130 g/mol. The van der Waals surface area contributed by atoms with E-state index in [1.807, 2.05) is 4.90 Å². The summed E-state index contributed by atoms with van der Waals surface area (Å²) in [7, 11) is 1.65. The van der Waals surface area contributed by atoms with Crippen LogP contribution in [0.2, 0.25) is 0 Å². The minimum atomic E-state index is 0.275. The summed E-state index contributed by atoms with van der Waals surface area (Å²) in [6.45, 7) is 2.34. The van der Waals surface area contributed by atoms with Crippen LogP contribution in [0.3, 0.4) is 0 Å². The van der Waals surface area contributed by atoms with Crippen LogP contribution in [0.4, 0.5) is 0 Å². The molecule has 0 saturated carbocycles. The first-order valence-corrected chi connectivity index (χ1v) is 3.61. The van der Waals surface area contributed by atoms with Crippen molar-refractivity contribution >= 4 is 5.91 Å². The molecule has 0 aromatic carbocycles. The fourth-order valence-corrected chi connectivity index (χ4v) is 1.14. The van der Waals surface area contributed by atoms with Crippen LogP contribution in [-0.4, -0.2) is 37.6 Å². The molecule has 0 aromatic heterocycles. The highest BCUT2D eigenvalue weighted by Crippen LogP contribution is 2.07. The van der Waals surface area contributed by atoms with Gasteiger partial charge in [-0.15, -0.1) is 0 Å². The van der Waals surface area contributed by atoms with E-state index in [4.69, 9.17) is 4.74 Å². The predicted octanol–water partition coefficient (Wildman–Crippen LogP) is 0.255. The molecule has 0 aromatic rings. The summed E-state index contributed by atoms with van der Waals surface area (Å²) < 4.78 is 4.86. The van der Waals surface area contributed by atoms with E-state index in [2.05, 4.69) is 0 Å². The molecule has 0 atom stereocenters. The molecule has 1 rings (SSSR count). The molecule has 1 aliphatic heterocycles. The van der Waals surface area contributed by atoms with Crippen molar-refractivity contribution in [2.45, 2.75) is 12.8 Å². The topological polar surface area (TPSA) is 29.5 Å². The average Bonchev–Trinajstić information content (AvgIpc) is 2.31. The van der Waals surface area contributed by atoms with E-state index in [-0.39, 0.29) is 5.91 Å². The standard InChI is InChI=1S/C7H13NO2/c1-10-6-5-8-4-2-3-7(8)9/h2-6H2,1H3. The molecule has 0 radical (unpaired) electrons. The van der Waals surface area contributed by atoms with E-state index in [0.717, 1.165) is 25.9 Å². The van der Waals surface area contributed by atoms with Gasteiger partial charge in [-0.05, 0) is 6.42 Å². The molecule has 3 heteroatoms. The molecule has 1 aliphatic rings. The van der Waals surface area contributed by atoms with Gasteiger partial charge in [0.2, 0.25) is 5.91 Å². The summed E-state index contributed by atoms with van der Waals surface area (Å²) in [6, 6.07) is 0. The van der Waals surface area contributed by atoms with Gasteiger partial charge in [-0.25, -0.2) is 0 Å². The molecule has 58 valence electrons. The lowest BCUT2D eigenvalue weighted by Crippen LogP contribution is -2.28. The summed E-state index contributed by atoms with van der Waals surface area (Å²) in [5.74, 6) is 0.275. The third-order valence-corrected chi connectivity index (χ3v) is 1.74. The fourth-order valence-electron chi connectivity index (χ4n) is 1.14. The number of rotatable bonds is 3. The molecule has 10 heavy (non-hydrogen) atoms. The fraction of sp³-hybridized carbons (Fsp3) is 0.857. The van der Waals surface area contributed by atoms with Gasteiger partial charge >= 0.3 is 0 Å². The molecule has 1 fully saturated rings. The second kappa shape index (κ2) is 3.56. The van der Waals surface area contributed by atoms with Gasteiger partial charge in [-0.3, -0.25) is 4.79 Å². The van der Waals surface area contributed by atoms with Crippen molar-refractivity contribution in [1.29, 1.82) is 0 Å². The van der Waals surface area contributed by atoms with Crippen LogP contribution in [0, 0.1) is 0 Å². The number of hydrogen-bond acceptors (Lipinski definition) is 2. The molecule has 1 saturated heterocycles. The van der Waals surface area contributed by atoms with Crippen molar-refractivity contribution < 1.29 is 9.53 Å². The molecular formula is C7H13NO2. The van der Waals surface area contributed by atoms with Gasteiger partial charge in [0.25, 0.3) is 0 Å². The molecule has 0 N–H and O–H groups in total. The highest BCUT2D eigenvalue weighted by atomic mass is 16.5. The van der Waals surface area contributed by atoms with Crippen LogP contribution in [0.1, 0.15) is 12.8 Å². The number of ether oxygens (including phenoxy) is 1. The Labute approximate surface area is 61.0 Å². The van der Waals surface area contributed by atoms with E-state index in [0.29, 0.717) is 6.61 Å². The lowest BCUT2D eigenvalue weighted by molar-refractivity contribution is -0.128. The Morgan fingerprint density at radius 2 is 2.50 bits per heavy atom. The SMILES string of the molecule is COCCN1CCCC1=O. The second-order valence-corrected chi connectivity index (χ2v) is 2.48. The lowest BCUT2D eigenvalue weighted by Gasteiger charge is -2.13. The van der Waals surface area contributed by atoms with E-state index in [9.17, 15) is 4.79 Å². The summed E-state index contributed by atoms with van der Waals surface area (Å²) in [6.07, 6.45) is 1.74. The van der Waals surface area contributed by atoms with E-state index < -0.39 is 0 Å². The molecule has 1 amide bonds. The zero-order valence-corrected chi connectivity index (χ0v) is 6.30. The monoisotopic (exact) mass is 143 g/mol. The lowest BCUT2D eigenvalue weighted by atomic mass is 10.4. The Hall–Kier alpha value is -0.570. The summed E-state index contributed by atoms with van der Waals surface area (Å²) in [5.41, 5.74) is 0. The zero-order valence-electron chi connectivity index (χ0n) is 6.30. The predicted molar refractivity (Wildman–Crippen MR) is 37.7 cm³/mol. The van der Waals surface area contributed by atoms with Crippen molar-refractivity contribution in [2.24, 2.45) is 0 Å². The van der Waals surface area contributed by atoms with Gasteiger partial charge in [0.05, 0.1) is 6.61 Å². The highest BCUT2D eigenvalue weighted by Gasteiger charge is 2.18. The van der Waals surface area contributed by atoms with Gasteiger partial charge < -0.3 is 9.64 Å². The smallest absolute Gasteiger partial charge is 0.222 e. The van der Waals surface area contributed by atoms with Crippen molar-refractivity contribution in [2.75, 3.05) is 26.8 Å².